The second-order valence-electron chi connectivity index (χ2n) is 10.9. The third-order valence-corrected chi connectivity index (χ3v) is 9.56. The van der Waals surface area contributed by atoms with E-state index < -0.39 is 15.9 Å². The van der Waals surface area contributed by atoms with E-state index in [0.717, 1.165) is 42.9 Å². The van der Waals surface area contributed by atoms with E-state index in [9.17, 15) is 22.3 Å². The van der Waals surface area contributed by atoms with Crippen LogP contribution in [0.1, 0.15) is 56.9 Å². The monoisotopic (exact) mass is 573 g/mol. The van der Waals surface area contributed by atoms with Gasteiger partial charge in [-0.15, -0.1) is 0 Å². The first kappa shape index (κ1) is 28.6. The summed E-state index contributed by atoms with van der Waals surface area (Å²) in [4.78, 5) is 11.1. The van der Waals surface area contributed by atoms with Gasteiger partial charge in [0.1, 0.15) is 5.82 Å². The second kappa shape index (κ2) is 12.3. The van der Waals surface area contributed by atoms with Gasteiger partial charge in [-0.25, -0.2) is 26.9 Å². The van der Waals surface area contributed by atoms with Crippen molar-refractivity contribution in [2.45, 2.75) is 74.8 Å². The van der Waals surface area contributed by atoms with Crippen LogP contribution in [0.25, 0.3) is 10.8 Å². The van der Waals surface area contributed by atoms with Crippen LogP contribution in [0.2, 0.25) is 0 Å². The van der Waals surface area contributed by atoms with Crippen LogP contribution in [0.5, 0.6) is 0 Å². The molecule has 0 spiro atoms. The lowest BCUT2D eigenvalue weighted by molar-refractivity contribution is 0.00486. The van der Waals surface area contributed by atoms with Crippen molar-refractivity contribution in [3.05, 3.63) is 54.5 Å². The number of aromatic nitrogens is 2. The van der Waals surface area contributed by atoms with Crippen molar-refractivity contribution in [3.8, 4) is 0 Å². The molecule has 3 N–H and O–H groups in total. The number of sulfonamides is 1. The molecule has 3 heterocycles. The van der Waals surface area contributed by atoms with E-state index in [2.05, 4.69) is 24.9 Å². The lowest BCUT2D eigenvalue weighted by Gasteiger charge is -2.36. The second-order valence-corrected chi connectivity index (χ2v) is 12.7. The molecule has 1 aliphatic carbocycles. The zero-order valence-corrected chi connectivity index (χ0v) is 23.3. The van der Waals surface area contributed by atoms with Crippen LogP contribution >= 0.6 is 0 Å². The minimum absolute atomic E-state index is 0.0129. The Morgan fingerprint density at radius 2 is 1.93 bits per heavy atom. The highest BCUT2D eigenvalue weighted by Crippen LogP contribution is 2.40. The summed E-state index contributed by atoms with van der Waals surface area (Å²) in [6.07, 6.45) is 9.87. The quantitative estimate of drug-likeness (QED) is 0.293. The Kier molecular flexibility index (Phi) is 8.82. The van der Waals surface area contributed by atoms with Crippen LogP contribution in [0, 0.1) is 5.92 Å². The normalized spacial score (nSPS) is 21.1. The van der Waals surface area contributed by atoms with Crippen molar-refractivity contribution in [2.75, 3.05) is 29.9 Å². The SMILES string of the molecule is O=S(=O)(NCc1ccc(N2CCCCC2CCO)nc1)c1ccc(NCCC2CCC(F)(F)C2)c2cnccc12. The Bertz CT molecular complexity index is 1400. The fourth-order valence-corrected chi connectivity index (χ4v) is 7.18. The summed E-state index contributed by atoms with van der Waals surface area (Å²) in [7, 11) is -3.85. The molecule has 1 saturated heterocycles. The van der Waals surface area contributed by atoms with Gasteiger partial charge >= 0.3 is 0 Å². The van der Waals surface area contributed by atoms with Crippen LogP contribution < -0.4 is 14.9 Å². The van der Waals surface area contributed by atoms with Crippen LogP contribution in [0.3, 0.4) is 0 Å². The van der Waals surface area contributed by atoms with Gasteiger partial charge < -0.3 is 15.3 Å². The van der Waals surface area contributed by atoms with Gasteiger partial charge in [-0.1, -0.05) is 6.07 Å². The highest BCUT2D eigenvalue weighted by Gasteiger charge is 2.38. The van der Waals surface area contributed by atoms with Gasteiger partial charge in [0.2, 0.25) is 15.9 Å². The summed E-state index contributed by atoms with van der Waals surface area (Å²) in [5.41, 5.74) is 1.47. The first-order valence-corrected chi connectivity index (χ1v) is 15.5. The third kappa shape index (κ3) is 6.70. The first-order chi connectivity index (χ1) is 19.3. The molecule has 1 aromatic carbocycles. The van der Waals surface area contributed by atoms with E-state index in [0.29, 0.717) is 36.6 Å². The third-order valence-electron chi connectivity index (χ3n) is 8.10. The molecule has 1 aliphatic heterocycles. The minimum atomic E-state index is -3.85. The number of hydrogen-bond acceptors (Lipinski definition) is 7. The number of hydrogen-bond donors (Lipinski definition) is 3. The molecule has 0 bridgehead atoms. The number of rotatable bonds is 11. The van der Waals surface area contributed by atoms with Gasteiger partial charge in [-0.2, -0.15) is 0 Å². The van der Waals surface area contributed by atoms with Gasteiger partial charge in [0.25, 0.3) is 0 Å². The number of piperidine rings is 1. The molecule has 216 valence electrons. The Hall–Kier alpha value is -2.89. The average molecular weight is 574 g/mol. The number of aliphatic hydroxyl groups excluding tert-OH is 1. The average Bonchev–Trinajstić information content (AvgIpc) is 3.31. The van der Waals surface area contributed by atoms with Crippen LogP contribution in [-0.2, 0) is 16.6 Å². The zero-order valence-electron chi connectivity index (χ0n) is 22.5. The summed E-state index contributed by atoms with van der Waals surface area (Å²) in [5, 5.41) is 13.9. The Morgan fingerprint density at radius 3 is 2.67 bits per heavy atom. The van der Waals surface area contributed by atoms with Crippen molar-refractivity contribution in [1.82, 2.24) is 14.7 Å². The fraction of sp³-hybridized carbons (Fsp3) is 0.517. The van der Waals surface area contributed by atoms with Crippen molar-refractivity contribution in [1.29, 1.82) is 0 Å². The predicted molar refractivity (Wildman–Crippen MR) is 152 cm³/mol. The van der Waals surface area contributed by atoms with Crippen LogP contribution in [-0.4, -0.2) is 55.2 Å². The first-order valence-electron chi connectivity index (χ1n) is 14.1. The van der Waals surface area contributed by atoms with E-state index in [1.807, 2.05) is 12.1 Å². The molecule has 11 heteroatoms. The molecule has 2 aliphatic rings. The smallest absolute Gasteiger partial charge is 0.248 e. The number of nitrogens with one attached hydrogen (secondary N) is 2. The maximum atomic E-state index is 13.5. The minimum Gasteiger partial charge on any atom is -0.396 e. The van der Waals surface area contributed by atoms with Crippen LogP contribution in [0.15, 0.2) is 53.8 Å². The molecule has 2 atom stereocenters. The van der Waals surface area contributed by atoms with E-state index in [4.69, 9.17) is 0 Å². The Labute approximate surface area is 234 Å². The van der Waals surface area contributed by atoms with E-state index >= 15 is 0 Å². The predicted octanol–water partition coefficient (Wildman–Crippen LogP) is 5.09. The number of nitrogens with zero attached hydrogens (tertiary/aromatic N) is 3. The highest BCUT2D eigenvalue weighted by molar-refractivity contribution is 7.89. The van der Waals surface area contributed by atoms with Gasteiger partial charge in [0, 0.05) is 80.2 Å². The van der Waals surface area contributed by atoms with Crippen molar-refractivity contribution >= 4 is 32.3 Å². The number of pyridine rings is 2. The fourth-order valence-electron chi connectivity index (χ4n) is 5.95. The summed E-state index contributed by atoms with van der Waals surface area (Å²) in [6, 6.07) is 9.00. The maximum Gasteiger partial charge on any atom is 0.248 e. The topological polar surface area (TPSA) is 107 Å². The van der Waals surface area contributed by atoms with Gasteiger partial charge in [0.15, 0.2) is 0 Å². The van der Waals surface area contributed by atoms with Crippen molar-refractivity contribution in [2.24, 2.45) is 5.92 Å². The summed E-state index contributed by atoms with van der Waals surface area (Å²) >= 11 is 0. The Morgan fingerprint density at radius 1 is 1.05 bits per heavy atom. The lowest BCUT2D eigenvalue weighted by atomic mass is 9.99. The molecule has 0 radical (unpaired) electrons. The number of fused-ring (bicyclic) bond motifs is 1. The molecule has 1 saturated carbocycles. The molecule has 2 unspecified atom stereocenters. The van der Waals surface area contributed by atoms with E-state index in [-0.39, 0.29) is 42.8 Å². The summed E-state index contributed by atoms with van der Waals surface area (Å²) in [5.74, 6) is -1.73. The van der Waals surface area contributed by atoms with E-state index in [1.165, 1.54) is 0 Å². The summed E-state index contributed by atoms with van der Waals surface area (Å²) in [6.45, 7) is 1.66. The molecular formula is C29H37F2N5O3S. The molecule has 8 nitrogen and oxygen atoms in total. The molecule has 3 aromatic rings. The zero-order chi connectivity index (χ0) is 28.2. The molecule has 2 aromatic heterocycles. The van der Waals surface area contributed by atoms with E-state index in [1.54, 1.807) is 36.8 Å². The number of anilines is 2. The van der Waals surface area contributed by atoms with Crippen molar-refractivity contribution in [3.63, 3.8) is 0 Å². The van der Waals surface area contributed by atoms with Gasteiger partial charge in [0.05, 0.1) is 4.90 Å². The van der Waals surface area contributed by atoms with Gasteiger partial charge in [-0.3, -0.25) is 4.98 Å². The molecule has 2 fully saturated rings. The highest BCUT2D eigenvalue weighted by atomic mass is 32.2. The number of aliphatic hydroxyl groups is 1. The maximum absolute atomic E-state index is 13.5. The summed E-state index contributed by atoms with van der Waals surface area (Å²) < 4.78 is 56.4. The standard InChI is InChI=1S/C29H37F2N5O3S/c30-29(31)12-8-21(17-29)9-14-33-26-5-6-27(24-10-13-32-20-25(24)26)40(38,39)35-19-22-4-7-28(34-18-22)36-15-2-1-3-23(36)11-16-37/h4-7,10,13,18,20-21,23,33,35,37H,1-3,8-9,11-12,14-17,19H2. The van der Waals surface area contributed by atoms with Gasteiger partial charge in [-0.05, 0) is 74.3 Å². The number of benzene rings is 1. The molecular weight excluding hydrogens is 536 g/mol. The Balaban J connectivity index is 1.24. The lowest BCUT2D eigenvalue weighted by Crippen LogP contribution is -2.40. The number of alkyl halides is 2. The molecule has 5 rings (SSSR count). The molecule has 0 amide bonds. The van der Waals surface area contributed by atoms with Crippen molar-refractivity contribution < 1.29 is 22.3 Å². The van der Waals surface area contributed by atoms with Crippen LogP contribution in [0.4, 0.5) is 20.3 Å². The largest absolute Gasteiger partial charge is 0.396 e. The molecule has 40 heavy (non-hydrogen) atoms. The number of halogens is 2.